The van der Waals surface area contributed by atoms with Gasteiger partial charge in [-0.15, -0.1) is 0 Å². The van der Waals surface area contributed by atoms with Gasteiger partial charge in [0, 0.05) is 10.5 Å². The molecule has 3 nitrogen and oxygen atoms in total. The normalized spacial score (nSPS) is 14.4. The summed E-state index contributed by atoms with van der Waals surface area (Å²) < 4.78 is 6.54. The van der Waals surface area contributed by atoms with Crippen LogP contribution >= 0.6 is 15.9 Å². The van der Waals surface area contributed by atoms with Gasteiger partial charge in [0.05, 0.1) is 18.8 Å². The number of rotatable bonds is 6. The Balaban J connectivity index is 2.26. The third-order valence-electron chi connectivity index (χ3n) is 3.43. The Morgan fingerprint density at radius 1 is 1.30 bits per heavy atom. The molecule has 0 radical (unpaired) electrons. The van der Waals surface area contributed by atoms with E-state index in [1.54, 1.807) is 6.26 Å². The van der Waals surface area contributed by atoms with E-state index in [2.05, 4.69) is 52.9 Å². The highest BCUT2D eigenvalue weighted by Gasteiger charge is 2.24. The van der Waals surface area contributed by atoms with Gasteiger partial charge in [-0.25, -0.2) is 0 Å². The van der Waals surface area contributed by atoms with Crippen molar-refractivity contribution in [3.63, 3.8) is 0 Å². The zero-order valence-electron chi connectivity index (χ0n) is 11.9. The van der Waals surface area contributed by atoms with Gasteiger partial charge in [-0.2, -0.15) is 0 Å². The van der Waals surface area contributed by atoms with Crippen molar-refractivity contribution < 1.29 is 4.42 Å². The van der Waals surface area contributed by atoms with Crippen molar-refractivity contribution in [2.45, 2.75) is 32.5 Å². The number of nitrogens with zero attached hydrogens (tertiary/aromatic N) is 1. The Hall–Kier alpha value is -1.10. The molecule has 0 aliphatic carbocycles. The van der Waals surface area contributed by atoms with Crippen LogP contribution in [0.3, 0.4) is 0 Å². The van der Waals surface area contributed by atoms with Crippen molar-refractivity contribution in [3.05, 3.63) is 58.5 Å². The van der Waals surface area contributed by atoms with E-state index in [4.69, 9.17) is 10.2 Å². The van der Waals surface area contributed by atoms with Crippen LogP contribution in [-0.2, 0) is 6.54 Å². The van der Waals surface area contributed by atoms with Gasteiger partial charge in [0.1, 0.15) is 5.76 Å². The Kier molecular flexibility index (Phi) is 5.40. The van der Waals surface area contributed by atoms with Gasteiger partial charge >= 0.3 is 0 Å². The molecule has 0 spiro atoms. The fraction of sp³-hybridized carbons (Fsp3) is 0.375. The maximum absolute atomic E-state index is 6.24. The Morgan fingerprint density at radius 2 is 2.10 bits per heavy atom. The van der Waals surface area contributed by atoms with Crippen molar-refractivity contribution in [1.82, 2.24) is 4.90 Å². The van der Waals surface area contributed by atoms with Gasteiger partial charge in [-0.1, -0.05) is 35.0 Å². The summed E-state index contributed by atoms with van der Waals surface area (Å²) in [4.78, 5) is 2.34. The zero-order chi connectivity index (χ0) is 14.5. The maximum atomic E-state index is 6.24. The minimum absolute atomic E-state index is 0.0409. The van der Waals surface area contributed by atoms with E-state index in [-0.39, 0.29) is 12.1 Å². The van der Waals surface area contributed by atoms with Crippen LogP contribution in [-0.4, -0.2) is 17.5 Å². The molecule has 2 N–H and O–H groups in total. The highest BCUT2D eigenvalue weighted by atomic mass is 79.9. The lowest BCUT2D eigenvalue weighted by molar-refractivity contribution is 0.164. The van der Waals surface area contributed by atoms with Gasteiger partial charge < -0.3 is 10.2 Å². The van der Waals surface area contributed by atoms with Gasteiger partial charge in [0.2, 0.25) is 0 Å². The first-order valence-electron chi connectivity index (χ1n) is 6.89. The summed E-state index contributed by atoms with van der Waals surface area (Å²) >= 11 is 3.53. The van der Waals surface area contributed by atoms with Crippen molar-refractivity contribution >= 4 is 15.9 Å². The standard InChI is InChI=1S/C16H21BrN2O/c1-3-19(11-15-8-5-9-20-15)16(12(2)18)13-6-4-7-14(17)10-13/h4-10,12,16H,3,11,18H2,1-2H3. The Bertz CT molecular complexity index is 525. The average Bonchev–Trinajstić information content (AvgIpc) is 2.90. The highest BCUT2D eigenvalue weighted by molar-refractivity contribution is 9.10. The van der Waals surface area contributed by atoms with E-state index in [1.165, 1.54) is 5.56 Å². The summed E-state index contributed by atoms with van der Waals surface area (Å²) in [5, 5.41) is 0. The molecule has 2 aromatic rings. The van der Waals surface area contributed by atoms with Crippen LogP contribution in [0, 0.1) is 0 Å². The van der Waals surface area contributed by atoms with Crippen LogP contribution in [0.5, 0.6) is 0 Å². The number of hydrogen-bond acceptors (Lipinski definition) is 3. The maximum Gasteiger partial charge on any atom is 0.117 e. The summed E-state index contributed by atoms with van der Waals surface area (Å²) in [6.45, 7) is 5.88. The van der Waals surface area contributed by atoms with Crippen molar-refractivity contribution in [2.24, 2.45) is 5.73 Å². The predicted molar refractivity (Wildman–Crippen MR) is 85.3 cm³/mol. The molecule has 2 unspecified atom stereocenters. The van der Waals surface area contributed by atoms with Crippen LogP contribution in [0.2, 0.25) is 0 Å². The second kappa shape index (κ2) is 7.07. The molecule has 4 heteroatoms. The second-order valence-corrected chi connectivity index (χ2v) is 5.92. The van der Waals surface area contributed by atoms with Crippen molar-refractivity contribution in [3.8, 4) is 0 Å². The fourth-order valence-electron chi connectivity index (χ4n) is 2.55. The van der Waals surface area contributed by atoms with Gasteiger partial charge in [0.15, 0.2) is 0 Å². The number of likely N-dealkylation sites (N-methyl/N-ethyl adjacent to an activating group) is 1. The lowest BCUT2D eigenvalue weighted by Crippen LogP contribution is -2.39. The van der Waals surface area contributed by atoms with E-state index >= 15 is 0 Å². The summed E-state index contributed by atoms with van der Waals surface area (Å²) in [6, 6.07) is 12.5. The number of halogens is 1. The minimum Gasteiger partial charge on any atom is -0.468 e. The topological polar surface area (TPSA) is 42.4 Å². The summed E-state index contributed by atoms with van der Waals surface area (Å²) in [7, 11) is 0. The first kappa shape index (κ1) is 15.3. The van der Waals surface area contributed by atoms with Crippen LogP contribution in [0.1, 0.15) is 31.2 Å². The van der Waals surface area contributed by atoms with E-state index in [0.717, 1.165) is 23.3 Å². The monoisotopic (exact) mass is 336 g/mol. The third kappa shape index (κ3) is 3.72. The summed E-state index contributed by atoms with van der Waals surface area (Å²) in [6.07, 6.45) is 1.71. The lowest BCUT2D eigenvalue weighted by atomic mass is 9.99. The van der Waals surface area contributed by atoms with Gasteiger partial charge in [0.25, 0.3) is 0 Å². The van der Waals surface area contributed by atoms with Gasteiger partial charge in [-0.05, 0) is 43.3 Å². The Morgan fingerprint density at radius 3 is 2.65 bits per heavy atom. The second-order valence-electron chi connectivity index (χ2n) is 5.00. The zero-order valence-corrected chi connectivity index (χ0v) is 13.5. The highest BCUT2D eigenvalue weighted by Crippen LogP contribution is 2.27. The number of nitrogens with two attached hydrogens (primary N) is 1. The lowest BCUT2D eigenvalue weighted by Gasteiger charge is -2.33. The van der Waals surface area contributed by atoms with E-state index < -0.39 is 0 Å². The molecule has 1 aromatic carbocycles. The Labute approximate surface area is 128 Å². The van der Waals surface area contributed by atoms with E-state index in [9.17, 15) is 0 Å². The molecule has 2 atom stereocenters. The van der Waals surface area contributed by atoms with E-state index in [1.807, 2.05) is 18.2 Å². The average molecular weight is 337 g/mol. The largest absolute Gasteiger partial charge is 0.468 e. The smallest absolute Gasteiger partial charge is 0.117 e. The quantitative estimate of drug-likeness (QED) is 0.868. The van der Waals surface area contributed by atoms with Gasteiger partial charge in [-0.3, -0.25) is 4.90 Å². The SMILES string of the molecule is CCN(Cc1ccco1)C(c1cccc(Br)c1)C(C)N. The molecule has 0 aliphatic heterocycles. The van der Waals surface area contributed by atoms with Crippen LogP contribution < -0.4 is 5.73 Å². The molecule has 0 amide bonds. The molecular weight excluding hydrogens is 316 g/mol. The predicted octanol–water partition coefficient (Wildman–Crippen LogP) is 3.95. The molecular formula is C16H21BrN2O. The fourth-order valence-corrected chi connectivity index (χ4v) is 2.96. The molecule has 2 rings (SSSR count). The molecule has 0 saturated heterocycles. The number of benzene rings is 1. The summed E-state index contributed by atoms with van der Waals surface area (Å²) in [5.74, 6) is 0.965. The first-order chi connectivity index (χ1) is 9.61. The molecule has 20 heavy (non-hydrogen) atoms. The molecule has 0 aliphatic rings. The summed E-state index contributed by atoms with van der Waals surface area (Å²) in [5.41, 5.74) is 7.46. The van der Waals surface area contributed by atoms with Crippen molar-refractivity contribution in [2.75, 3.05) is 6.54 Å². The van der Waals surface area contributed by atoms with Crippen LogP contribution in [0.15, 0.2) is 51.6 Å². The first-order valence-corrected chi connectivity index (χ1v) is 7.68. The van der Waals surface area contributed by atoms with Crippen molar-refractivity contribution in [1.29, 1.82) is 0 Å². The number of hydrogen-bond donors (Lipinski definition) is 1. The van der Waals surface area contributed by atoms with Crippen LogP contribution in [0.4, 0.5) is 0 Å². The van der Waals surface area contributed by atoms with E-state index in [0.29, 0.717) is 0 Å². The molecule has 0 saturated carbocycles. The molecule has 0 fully saturated rings. The molecule has 108 valence electrons. The molecule has 1 aromatic heterocycles. The van der Waals surface area contributed by atoms with Crippen LogP contribution in [0.25, 0.3) is 0 Å². The molecule has 1 heterocycles. The third-order valence-corrected chi connectivity index (χ3v) is 3.92. The minimum atomic E-state index is 0.0409. The number of furan rings is 1. The molecule has 0 bridgehead atoms.